The molecule has 2 rings (SSSR count). The molecule has 1 aromatic rings. The van der Waals surface area contributed by atoms with E-state index >= 15 is 0 Å². The van der Waals surface area contributed by atoms with Crippen molar-refractivity contribution in [2.45, 2.75) is 0 Å². The van der Waals surface area contributed by atoms with Gasteiger partial charge in [0.15, 0.2) is 0 Å². The SMILES string of the molecule is O=C(Nc1ccc(OP(=O)(O)O)cc1)C1C=CC=C1. The maximum atomic E-state index is 11.8. The molecule has 0 aromatic heterocycles. The van der Waals surface area contributed by atoms with Crippen molar-refractivity contribution in [2.75, 3.05) is 5.32 Å². The molecule has 1 aromatic carbocycles. The quantitative estimate of drug-likeness (QED) is 0.732. The van der Waals surface area contributed by atoms with Crippen molar-refractivity contribution in [2.24, 2.45) is 5.92 Å². The molecule has 0 saturated carbocycles. The first-order valence-electron chi connectivity index (χ1n) is 5.45. The maximum Gasteiger partial charge on any atom is 0.524 e. The predicted octanol–water partition coefficient (Wildman–Crippen LogP) is 1.84. The summed E-state index contributed by atoms with van der Waals surface area (Å²) in [6, 6.07) is 5.75. The van der Waals surface area contributed by atoms with Gasteiger partial charge in [0.2, 0.25) is 5.91 Å². The van der Waals surface area contributed by atoms with Crippen LogP contribution in [0.25, 0.3) is 0 Å². The molecule has 1 aliphatic rings. The van der Waals surface area contributed by atoms with Crippen LogP contribution in [0.4, 0.5) is 5.69 Å². The number of hydrogen-bond acceptors (Lipinski definition) is 3. The summed E-state index contributed by atoms with van der Waals surface area (Å²) in [7, 11) is -4.55. The van der Waals surface area contributed by atoms with Crippen LogP contribution in [0.5, 0.6) is 5.75 Å². The van der Waals surface area contributed by atoms with Gasteiger partial charge in [-0.15, -0.1) is 0 Å². The fourth-order valence-electron chi connectivity index (χ4n) is 1.57. The number of hydrogen-bond donors (Lipinski definition) is 3. The standard InChI is InChI=1S/C12H12NO5P/c14-12(9-3-1-2-4-9)13-10-5-7-11(8-6-10)18-19(15,16)17/h1-9H,(H,13,14)(H2,15,16,17). The van der Waals surface area contributed by atoms with Crippen LogP contribution in [0.3, 0.4) is 0 Å². The highest BCUT2D eigenvalue weighted by atomic mass is 31.2. The van der Waals surface area contributed by atoms with Crippen LogP contribution in [-0.2, 0) is 9.36 Å². The Hall–Kier alpha value is -1.88. The fraction of sp³-hybridized carbons (Fsp3) is 0.0833. The van der Waals surface area contributed by atoms with Gasteiger partial charge in [-0.05, 0) is 24.3 Å². The highest BCUT2D eigenvalue weighted by Crippen LogP contribution is 2.37. The smallest absolute Gasteiger partial charge is 0.404 e. The van der Waals surface area contributed by atoms with Crippen LogP contribution < -0.4 is 9.84 Å². The van der Waals surface area contributed by atoms with E-state index in [4.69, 9.17) is 9.79 Å². The third kappa shape index (κ3) is 4.06. The van der Waals surface area contributed by atoms with Gasteiger partial charge in [-0.3, -0.25) is 14.6 Å². The number of phosphoric acid groups is 1. The summed E-state index contributed by atoms with van der Waals surface area (Å²) in [5.74, 6) is -0.424. The Labute approximate surface area is 109 Å². The van der Waals surface area contributed by atoms with Crippen molar-refractivity contribution in [1.82, 2.24) is 0 Å². The summed E-state index contributed by atoms with van der Waals surface area (Å²) in [6.45, 7) is 0. The number of phosphoric ester groups is 1. The lowest BCUT2D eigenvalue weighted by molar-refractivity contribution is -0.117. The van der Waals surface area contributed by atoms with E-state index in [0.717, 1.165) is 0 Å². The molecule has 3 N–H and O–H groups in total. The molecular formula is C12H12NO5P. The molecule has 19 heavy (non-hydrogen) atoms. The van der Waals surface area contributed by atoms with E-state index in [1.807, 2.05) is 0 Å². The maximum absolute atomic E-state index is 11.8. The molecule has 0 radical (unpaired) electrons. The van der Waals surface area contributed by atoms with Crippen molar-refractivity contribution in [3.63, 3.8) is 0 Å². The van der Waals surface area contributed by atoms with E-state index in [2.05, 4.69) is 9.84 Å². The molecule has 0 spiro atoms. The second-order valence-corrected chi connectivity index (χ2v) is 5.05. The van der Waals surface area contributed by atoms with Crippen molar-refractivity contribution in [1.29, 1.82) is 0 Å². The molecule has 1 aliphatic carbocycles. The minimum Gasteiger partial charge on any atom is -0.404 e. The molecular weight excluding hydrogens is 269 g/mol. The van der Waals surface area contributed by atoms with Gasteiger partial charge in [0, 0.05) is 5.69 Å². The fourth-order valence-corrected chi connectivity index (χ4v) is 1.97. The normalized spacial score (nSPS) is 14.6. The van der Waals surface area contributed by atoms with Gasteiger partial charge in [-0.25, -0.2) is 4.57 Å². The molecule has 0 unspecified atom stereocenters. The lowest BCUT2D eigenvalue weighted by Crippen LogP contribution is -2.18. The minimum atomic E-state index is -4.55. The molecule has 0 bridgehead atoms. The number of nitrogens with one attached hydrogen (secondary N) is 1. The van der Waals surface area contributed by atoms with E-state index < -0.39 is 7.82 Å². The van der Waals surface area contributed by atoms with Gasteiger partial charge in [-0.1, -0.05) is 24.3 Å². The number of carbonyl (C=O) groups excluding carboxylic acids is 1. The highest BCUT2D eigenvalue weighted by Gasteiger charge is 2.16. The van der Waals surface area contributed by atoms with Crippen LogP contribution in [-0.4, -0.2) is 15.7 Å². The Kier molecular flexibility index (Phi) is 3.85. The molecule has 0 saturated heterocycles. The summed E-state index contributed by atoms with van der Waals surface area (Å²) in [5, 5.41) is 2.68. The third-order valence-corrected chi connectivity index (χ3v) is 2.85. The Morgan fingerprint density at radius 3 is 2.26 bits per heavy atom. The van der Waals surface area contributed by atoms with Gasteiger partial charge in [0.25, 0.3) is 0 Å². The van der Waals surface area contributed by atoms with Gasteiger partial charge < -0.3 is 9.84 Å². The number of rotatable bonds is 4. The second kappa shape index (κ2) is 5.40. The molecule has 6 nitrogen and oxygen atoms in total. The lowest BCUT2D eigenvalue weighted by Gasteiger charge is -2.10. The van der Waals surface area contributed by atoms with Crippen molar-refractivity contribution in [3.8, 4) is 5.75 Å². The van der Waals surface area contributed by atoms with E-state index in [9.17, 15) is 9.36 Å². The van der Waals surface area contributed by atoms with Gasteiger partial charge in [0.05, 0.1) is 5.92 Å². The van der Waals surface area contributed by atoms with E-state index in [0.29, 0.717) is 5.69 Å². The Morgan fingerprint density at radius 2 is 1.74 bits per heavy atom. The Bertz CT molecular complexity index is 560. The first-order valence-corrected chi connectivity index (χ1v) is 6.98. The number of carbonyl (C=O) groups is 1. The van der Waals surface area contributed by atoms with E-state index in [-0.39, 0.29) is 17.6 Å². The highest BCUT2D eigenvalue weighted by molar-refractivity contribution is 7.46. The first kappa shape index (κ1) is 13.5. The molecule has 0 heterocycles. The molecule has 7 heteroatoms. The predicted molar refractivity (Wildman–Crippen MR) is 69.5 cm³/mol. The number of allylic oxidation sites excluding steroid dienone is 2. The zero-order valence-electron chi connectivity index (χ0n) is 9.76. The van der Waals surface area contributed by atoms with Crippen molar-refractivity contribution >= 4 is 19.4 Å². The summed E-state index contributed by atoms with van der Waals surface area (Å²) in [6.07, 6.45) is 7.11. The van der Waals surface area contributed by atoms with Crippen molar-refractivity contribution in [3.05, 3.63) is 48.6 Å². The van der Waals surface area contributed by atoms with Crippen LogP contribution >= 0.6 is 7.82 Å². The lowest BCUT2D eigenvalue weighted by atomic mass is 10.1. The van der Waals surface area contributed by atoms with Crippen LogP contribution in [0.15, 0.2) is 48.6 Å². The summed E-state index contributed by atoms with van der Waals surface area (Å²) < 4.78 is 15.0. The van der Waals surface area contributed by atoms with Crippen LogP contribution in [0.2, 0.25) is 0 Å². The van der Waals surface area contributed by atoms with Gasteiger partial charge in [-0.2, -0.15) is 0 Å². The Morgan fingerprint density at radius 1 is 1.16 bits per heavy atom. The summed E-state index contributed by atoms with van der Waals surface area (Å²) in [4.78, 5) is 29.0. The third-order valence-electron chi connectivity index (χ3n) is 2.40. The number of anilines is 1. The number of amides is 1. The summed E-state index contributed by atoms with van der Waals surface area (Å²) in [5.41, 5.74) is 0.525. The average molecular weight is 281 g/mol. The molecule has 0 fully saturated rings. The average Bonchev–Trinajstić information content (AvgIpc) is 2.83. The van der Waals surface area contributed by atoms with E-state index in [1.54, 1.807) is 24.3 Å². The Balaban J connectivity index is 1.99. The monoisotopic (exact) mass is 281 g/mol. The topological polar surface area (TPSA) is 95.9 Å². The zero-order chi connectivity index (χ0) is 13.9. The molecule has 1 amide bonds. The first-order chi connectivity index (χ1) is 8.94. The molecule has 0 aliphatic heterocycles. The largest absolute Gasteiger partial charge is 0.524 e. The zero-order valence-corrected chi connectivity index (χ0v) is 10.7. The van der Waals surface area contributed by atoms with E-state index in [1.165, 1.54) is 24.3 Å². The summed E-state index contributed by atoms with van der Waals surface area (Å²) >= 11 is 0. The molecule has 0 atom stereocenters. The van der Waals surface area contributed by atoms with Gasteiger partial charge in [0.1, 0.15) is 5.75 Å². The molecule has 100 valence electrons. The minimum absolute atomic E-state index is 0.0343. The van der Waals surface area contributed by atoms with Crippen molar-refractivity contribution < 1.29 is 23.7 Å². The van der Waals surface area contributed by atoms with Crippen LogP contribution in [0, 0.1) is 5.92 Å². The van der Waals surface area contributed by atoms with Gasteiger partial charge >= 0.3 is 7.82 Å². The van der Waals surface area contributed by atoms with Crippen LogP contribution in [0.1, 0.15) is 0 Å². The number of benzene rings is 1. The second-order valence-electron chi connectivity index (χ2n) is 3.89.